The number of aliphatic carboxylic acids is 1. The first-order valence-electron chi connectivity index (χ1n) is 8.75. The monoisotopic (exact) mass is 398 g/mol. The highest BCUT2D eigenvalue weighted by atomic mass is 32.2. The van der Waals surface area contributed by atoms with Crippen molar-refractivity contribution in [1.29, 1.82) is 0 Å². The number of hydrogen-bond acceptors (Lipinski definition) is 5. The fraction of sp³-hybridized carbons (Fsp3) is 0.556. The molecule has 1 saturated heterocycles. The molecule has 0 radical (unpaired) electrons. The smallest absolute Gasteiger partial charge is 0.311 e. The highest BCUT2D eigenvalue weighted by Crippen LogP contribution is 2.38. The van der Waals surface area contributed by atoms with E-state index in [-0.39, 0.29) is 42.0 Å². The van der Waals surface area contributed by atoms with Crippen LogP contribution in [0.1, 0.15) is 30.6 Å². The zero-order chi connectivity index (χ0) is 20.2. The van der Waals surface area contributed by atoms with Crippen molar-refractivity contribution in [3.05, 3.63) is 29.8 Å². The second kappa shape index (κ2) is 8.37. The number of sulfonamides is 1. The quantitative estimate of drug-likeness (QED) is 0.636. The number of nitrogens with one attached hydrogen (secondary N) is 1. The van der Waals surface area contributed by atoms with Crippen molar-refractivity contribution in [3.8, 4) is 0 Å². The van der Waals surface area contributed by atoms with Gasteiger partial charge in [-0.25, -0.2) is 13.1 Å². The molecule has 0 aliphatic carbocycles. The molecule has 150 valence electrons. The molecule has 27 heavy (non-hydrogen) atoms. The van der Waals surface area contributed by atoms with E-state index in [4.69, 9.17) is 4.74 Å². The normalized spacial score (nSPS) is 20.2. The molecule has 0 aromatic heterocycles. The van der Waals surface area contributed by atoms with Gasteiger partial charge in [-0.3, -0.25) is 9.59 Å². The number of likely N-dealkylation sites (tertiary alicyclic amines) is 1. The van der Waals surface area contributed by atoms with Crippen LogP contribution in [0.4, 0.5) is 0 Å². The van der Waals surface area contributed by atoms with Crippen LogP contribution in [0.15, 0.2) is 29.2 Å². The van der Waals surface area contributed by atoms with Crippen molar-refractivity contribution >= 4 is 21.9 Å². The van der Waals surface area contributed by atoms with Crippen molar-refractivity contribution < 1.29 is 27.9 Å². The van der Waals surface area contributed by atoms with Gasteiger partial charge in [-0.2, -0.15) is 0 Å². The van der Waals surface area contributed by atoms with E-state index in [1.807, 2.05) is 13.8 Å². The standard InChI is InChI=1S/C18H26N2O6S/c1-13(2)18(17(22)23)7-9-20(12-18)16(21)14-5-4-6-15(11-14)27(24,25)19-8-10-26-3/h4-6,11,13,19H,7-10,12H2,1-3H3,(H,22,23). The molecular formula is C18H26N2O6S. The molecule has 0 saturated carbocycles. The lowest BCUT2D eigenvalue weighted by Gasteiger charge is -2.28. The Bertz CT molecular complexity index is 808. The number of benzene rings is 1. The first-order chi connectivity index (χ1) is 12.6. The summed E-state index contributed by atoms with van der Waals surface area (Å²) in [5.74, 6) is -1.40. The molecule has 0 bridgehead atoms. The van der Waals surface area contributed by atoms with Crippen LogP contribution in [0, 0.1) is 11.3 Å². The third-order valence-corrected chi connectivity index (χ3v) is 6.57. The van der Waals surface area contributed by atoms with Gasteiger partial charge in [-0.1, -0.05) is 19.9 Å². The molecule has 0 spiro atoms. The van der Waals surface area contributed by atoms with Gasteiger partial charge in [-0.05, 0) is 30.5 Å². The summed E-state index contributed by atoms with van der Waals surface area (Å²) >= 11 is 0. The number of ether oxygens (including phenoxy) is 1. The van der Waals surface area contributed by atoms with Gasteiger partial charge in [0.2, 0.25) is 10.0 Å². The maximum absolute atomic E-state index is 12.8. The van der Waals surface area contributed by atoms with Crippen LogP contribution in [0.25, 0.3) is 0 Å². The number of carbonyl (C=O) groups excluding carboxylic acids is 1. The van der Waals surface area contributed by atoms with Crippen molar-refractivity contribution in [3.63, 3.8) is 0 Å². The van der Waals surface area contributed by atoms with Gasteiger partial charge in [0.1, 0.15) is 0 Å². The number of hydrogen-bond donors (Lipinski definition) is 2. The van der Waals surface area contributed by atoms with Gasteiger partial charge >= 0.3 is 5.97 Å². The molecule has 2 rings (SSSR count). The van der Waals surface area contributed by atoms with Gasteiger partial charge in [-0.15, -0.1) is 0 Å². The Morgan fingerprint density at radius 2 is 2.07 bits per heavy atom. The molecule has 1 aromatic carbocycles. The highest BCUT2D eigenvalue weighted by Gasteiger charge is 2.48. The summed E-state index contributed by atoms with van der Waals surface area (Å²) in [5.41, 5.74) is -0.754. The summed E-state index contributed by atoms with van der Waals surface area (Å²) < 4.78 is 31.9. The van der Waals surface area contributed by atoms with E-state index in [0.717, 1.165) is 0 Å². The van der Waals surface area contributed by atoms with E-state index in [1.165, 1.54) is 36.3 Å². The molecule has 9 heteroatoms. The average molecular weight is 398 g/mol. The number of carboxylic acids is 1. The van der Waals surface area contributed by atoms with Gasteiger partial charge in [0.15, 0.2) is 0 Å². The SMILES string of the molecule is COCCNS(=O)(=O)c1cccc(C(=O)N2CCC(C(=O)O)(C(C)C)C2)c1. The lowest BCUT2D eigenvalue weighted by atomic mass is 9.76. The third-order valence-electron chi connectivity index (χ3n) is 5.11. The topological polar surface area (TPSA) is 113 Å². The van der Waals surface area contributed by atoms with E-state index < -0.39 is 21.4 Å². The first-order valence-corrected chi connectivity index (χ1v) is 10.2. The first kappa shape index (κ1) is 21.3. The Balaban J connectivity index is 2.20. The van der Waals surface area contributed by atoms with Crippen molar-refractivity contribution in [2.45, 2.75) is 25.2 Å². The zero-order valence-corrected chi connectivity index (χ0v) is 16.6. The molecule has 2 N–H and O–H groups in total. The molecule has 1 atom stereocenters. The predicted molar refractivity (Wildman–Crippen MR) is 98.9 cm³/mol. The van der Waals surface area contributed by atoms with Crippen LogP contribution in [0.2, 0.25) is 0 Å². The van der Waals surface area contributed by atoms with E-state index in [0.29, 0.717) is 13.0 Å². The fourth-order valence-electron chi connectivity index (χ4n) is 3.24. The molecular weight excluding hydrogens is 372 g/mol. The zero-order valence-electron chi connectivity index (χ0n) is 15.8. The summed E-state index contributed by atoms with van der Waals surface area (Å²) in [6, 6.07) is 5.76. The van der Waals surface area contributed by atoms with E-state index >= 15 is 0 Å². The second-order valence-corrected chi connectivity index (χ2v) is 8.78. The van der Waals surface area contributed by atoms with Crippen molar-refractivity contribution in [2.24, 2.45) is 11.3 Å². The maximum Gasteiger partial charge on any atom is 0.311 e. The van der Waals surface area contributed by atoms with Crippen LogP contribution < -0.4 is 4.72 Å². The minimum atomic E-state index is -3.76. The molecule has 1 heterocycles. The van der Waals surface area contributed by atoms with E-state index in [9.17, 15) is 23.1 Å². The number of carbonyl (C=O) groups is 2. The molecule has 1 unspecified atom stereocenters. The Kier molecular flexibility index (Phi) is 6.61. The average Bonchev–Trinajstić information content (AvgIpc) is 3.08. The van der Waals surface area contributed by atoms with Crippen LogP contribution >= 0.6 is 0 Å². The number of carboxylic acid groups (broad SMARTS) is 1. The van der Waals surface area contributed by atoms with Crippen LogP contribution in [0.5, 0.6) is 0 Å². The molecule has 1 aliphatic rings. The largest absolute Gasteiger partial charge is 0.481 e. The van der Waals surface area contributed by atoms with Crippen LogP contribution in [-0.2, 0) is 19.6 Å². The second-order valence-electron chi connectivity index (χ2n) is 7.01. The maximum atomic E-state index is 12.8. The molecule has 1 aliphatic heterocycles. The van der Waals surface area contributed by atoms with Gasteiger partial charge in [0.05, 0.1) is 16.9 Å². The minimum Gasteiger partial charge on any atom is -0.481 e. The highest BCUT2D eigenvalue weighted by molar-refractivity contribution is 7.89. The van der Waals surface area contributed by atoms with Crippen molar-refractivity contribution in [2.75, 3.05) is 33.4 Å². The number of rotatable bonds is 8. The summed E-state index contributed by atoms with van der Waals surface area (Å²) in [6.07, 6.45) is 0.377. The molecule has 8 nitrogen and oxygen atoms in total. The van der Waals surface area contributed by atoms with Gasteiger partial charge in [0, 0.05) is 32.3 Å². The van der Waals surface area contributed by atoms with Crippen molar-refractivity contribution in [1.82, 2.24) is 9.62 Å². The Labute approximate surface area is 159 Å². The van der Waals surface area contributed by atoms with Gasteiger partial charge in [0.25, 0.3) is 5.91 Å². The van der Waals surface area contributed by atoms with E-state index in [1.54, 1.807) is 0 Å². The summed E-state index contributed by atoms with van der Waals surface area (Å²) in [6.45, 7) is 4.47. The number of methoxy groups -OCH3 is 1. The number of nitrogens with zero attached hydrogens (tertiary/aromatic N) is 1. The Hall–Kier alpha value is -1.97. The molecule has 1 fully saturated rings. The Morgan fingerprint density at radius 1 is 1.37 bits per heavy atom. The third kappa shape index (κ3) is 4.48. The molecule has 1 aromatic rings. The fourth-order valence-corrected chi connectivity index (χ4v) is 4.30. The summed E-state index contributed by atoms with van der Waals surface area (Å²) in [5, 5.41) is 9.62. The summed E-state index contributed by atoms with van der Waals surface area (Å²) in [4.78, 5) is 26.0. The van der Waals surface area contributed by atoms with Crippen LogP contribution in [0.3, 0.4) is 0 Å². The van der Waals surface area contributed by atoms with Gasteiger partial charge < -0.3 is 14.7 Å². The predicted octanol–water partition coefficient (Wildman–Crippen LogP) is 1.18. The van der Waals surface area contributed by atoms with Crippen LogP contribution in [-0.4, -0.2) is 63.7 Å². The summed E-state index contributed by atoms with van der Waals surface area (Å²) in [7, 11) is -2.29. The number of amides is 1. The minimum absolute atomic E-state index is 0.0167. The lowest BCUT2D eigenvalue weighted by molar-refractivity contribution is -0.150. The lowest BCUT2D eigenvalue weighted by Crippen LogP contribution is -2.40. The Morgan fingerprint density at radius 3 is 2.63 bits per heavy atom. The molecule has 1 amide bonds. The van der Waals surface area contributed by atoms with E-state index in [2.05, 4.69) is 4.72 Å².